The van der Waals surface area contributed by atoms with Crippen LogP contribution in [0.5, 0.6) is 0 Å². The molecule has 0 aromatic heterocycles. The van der Waals surface area contributed by atoms with Gasteiger partial charge in [-0.25, -0.2) is 0 Å². The Balaban J connectivity index is 1.49. The zero-order chi connectivity index (χ0) is 24.8. The highest BCUT2D eigenvalue weighted by Gasteiger charge is 2.21. The topological polar surface area (TPSA) is 61.4 Å². The van der Waals surface area contributed by atoms with Crippen molar-refractivity contribution in [1.29, 1.82) is 0 Å². The SMILES string of the molecule is CC(C)(C)c1ccc(C(=O)Nc2ccc(N3CCCC3)c(C(=O)NCCc3ccccc3)c2)cc1. The molecule has 3 aromatic rings. The Kier molecular flexibility index (Phi) is 7.54. The molecule has 3 aromatic carbocycles. The molecule has 1 heterocycles. The van der Waals surface area contributed by atoms with E-state index in [2.05, 4.69) is 48.4 Å². The Morgan fingerprint density at radius 1 is 0.857 bits per heavy atom. The normalized spacial score (nSPS) is 13.5. The molecule has 1 aliphatic heterocycles. The van der Waals surface area contributed by atoms with Gasteiger partial charge >= 0.3 is 0 Å². The number of carbonyl (C=O) groups excluding carboxylic acids is 2. The minimum Gasteiger partial charge on any atom is -0.371 e. The van der Waals surface area contributed by atoms with Crippen molar-refractivity contribution in [2.45, 2.75) is 45.4 Å². The van der Waals surface area contributed by atoms with Crippen LogP contribution in [0.15, 0.2) is 72.8 Å². The molecule has 1 fully saturated rings. The molecule has 5 heteroatoms. The number of carbonyl (C=O) groups is 2. The first-order valence-electron chi connectivity index (χ1n) is 12.4. The average molecular weight is 470 g/mol. The zero-order valence-electron chi connectivity index (χ0n) is 20.9. The Hall–Kier alpha value is -3.60. The third-order valence-electron chi connectivity index (χ3n) is 6.50. The maximum Gasteiger partial charge on any atom is 0.255 e. The quantitative estimate of drug-likeness (QED) is 0.459. The minimum atomic E-state index is -0.185. The van der Waals surface area contributed by atoms with Crippen LogP contribution in [0.25, 0.3) is 0 Å². The van der Waals surface area contributed by atoms with E-state index >= 15 is 0 Å². The highest BCUT2D eigenvalue weighted by Crippen LogP contribution is 2.28. The van der Waals surface area contributed by atoms with Crippen LogP contribution in [0, 0.1) is 0 Å². The summed E-state index contributed by atoms with van der Waals surface area (Å²) in [6.07, 6.45) is 3.02. The van der Waals surface area contributed by atoms with Crippen molar-refractivity contribution in [3.63, 3.8) is 0 Å². The van der Waals surface area contributed by atoms with Crippen LogP contribution in [-0.2, 0) is 11.8 Å². The van der Waals surface area contributed by atoms with Crippen LogP contribution in [0.4, 0.5) is 11.4 Å². The fraction of sp³-hybridized carbons (Fsp3) is 0.333. The zero-order valence-corrected chi connectivity index (χ0v) is 20.9. The van der Waals surface area contributed by atoms with Gasteiger partial charge in [0.05, 0.1) is 5.56 Å². The number of hydrogen-bond donors (Lipinski definition) is 2. The molecular weight excluding hydrogens is 434 g/mol. The number of benzene rings is 3. The Bertz CT molecular complexity index is 1160. The molecular formula is C30H35N3O2. The summed E-state index contributed by atoms with van der Waals surface area (Å²) < 4.78 is 0. The molecule has 0 atom stereocenters. The van der Waals surface area contributed by atoms with Gasteiger partial charge in [0.25, 0.3) is 11.8 Å². The maximum atomic E-state index is 13.2. The van der Waals surface area contributed by atoms with E-state index in [4.69, 9.17) is 0 Å². The second-order valence-electron chi connectivity index (χ2n) is 10.2. The summed E-state index contributed by atoms with van der Waals surface area (Å²) >= 11 is 0. The van der Waals surface area contributed by atoms with Gasteiger partial charge in [0, 0.05) is 36.6 Å². The Morgan fingerprint density at radius 2 is 1.54 bits per heavy atom. The van der Waals surface area contributed by atoms with E-state index in [-0.39, 0.29) is 17.2 Å². The molecule has 35 heavy (non-hydrogen) atoms. The second kappa shape index (κ2) is 10.8. The Morgan fingerprint density at radius 3 is 2.20 bits per heavy atom. The first kappa shape index (κ1) is 24.5. The van der Waals surface area contributed by atoms with E-state index < -0.39 is 0 Å². The van der Waals surface area contributed by atoms with E-state index in [9.17, 15) is 9.59 Å². The monoisotopic (exact) mass is 469 g/mol. The van der Waals surface area contributed by atoms with Crippen LogP contribution in [0.1, 0.15) is 65.5 Å². The van der Waals surface area contributed by atoms with E-state index in [1.54, 1.807) is 6.07 Å². The highest BCUT2D eigenvalue weighted by molar-refractivity contribution is 6.06. The summed E-state index contributed by atoms with van der Waals surface area (Å²) in [5.41, 5.74) is 5.13. The van der Waals surface area contributed by atoms with Crippen molar-refractivity contribution >= 4 is 23.2 Å². The molecule has 0 bridgehead atoms. The first-order valence-corrected chi connectivity index (χ1v) is 12.4. The molecule has 0 saturated carbocycles. The third-order valence-corrected chi connectivity index (χ3v) is 6.50. The van der Waals surface area contributed by atoms with Crippen LogP contribution in [0.3, 0.4) is 0 Å². The first-order chi connectivity index (χ1) is 16.8. The number of amides is 2. The molecule has 0 aliphatic carbocycles. The molecule has 1 aliphatic rings. The van der Waals surface area contributed by atoms with Crippen molar-refractivity contribution in [1.82, 2.24) is 5.32 Å². The lowest BCUT2D eigenvalue weighted by Gasteiger charge is -2.22. The fourth-order valence-electron chi connectivity index (χ4n) is 4.41. The second-order valence-corrected chi connectivity index (χ2v) is 10.2. The summed E-state index contributed by atoms with van der Waals surface area (Å²) in [6, 6.07) is 23.5. The summed E-state index contributed by atoms with van der Waals surface area (Å²) in [4.78, 5) is 28.4. The molecule has 0 unspecified atom stereocenters. The van der Waals surface area contributed by atoms with Gasteiger partial charge in [-0.2, -0.15) is 0 Å². The number of rotatable bonds is 7. The minimum absolute atomic E-state index is 0.0309. The number of hydrogen-bond acceptors (Lipinski definition) is 3. The molecule has 0 spiro atoms. The molecule has 5 nitrogen and oxygen atoms in total. The van der Waals surface area contributed by atoms with Gasteiger partial charge in [0.2, 0.25) is 0 Å². The van der Waals surface area contributed by atoms with Crippen molar-refractivity contribution in [2.24, 2.45) is 0 Å². The molecule has 4 rings (SSSR count). The standard InChI is InChI=1S/C30H35N3O2/c1-30(2,3)24-13-11-23(12-14-24)28(34)32-25-15-16-27(33-19-7-8-20-33)26(21-25)29(35)31-18-17-22-9-5-4-6-10-22/h4-6,9-16,21H,7-8,17-20H2,1-3H3,(H,31,35)(H,32,34). The number of nitrogens with zero attached hydrogens (tertiary/aromatic N) is 1. The lowest BCUT2D eigenvalue weighted by molar-refractivity contribution is 0.0953. The van der Waals surface area contributed by atoms with Gasteiger partial charge in [-0.1, -0.05) is 63.2 Å². The smallest absolute Gasteiger partial charge is 0.255 e. The predicted octanol–water partition coefficient (Wildman–Crippen LogP) is 5.81. The molecule has 2 N–H and O–H groups in total. The van der Waals surface area contributed by atoms with Gasteiger partial charge in [-0.05, 0) is 66.1 Å². The van der Waals surface area contributed by atoms with E-state index in [0.29, 0.717) is 23.4 Å². The third kappa shape index (κ3) is 6.30. The van der Waals surface area contributed by atoms with Crippen LogP contribution < -0.4 is 15.5 Å². The van der Waals surface area contributed by atoms with E-state index in [1.165, 1.54) is 11.1 Å². The van der Waals surface area contributed by atoms with Crippen molar-refractivity contribution < 1.29 is 9.59 Å². The maximum absolute atomic E-state index is 13.2. The number of anilines is 2. The van der Waals surface area contributed by atoms with Crippen molar-refractivity contribution in [2.75, 3.05) is 29.9 Å². The lowest BCUT2D eigenvalue weighted by Crippen LogP contribution is -2.29. The van der Waals surface area contributed by atoms with Crippen LogP contribution in [0.2, 0.25) is 0 Å². The van der Waals surface area contributed by atoms with Crippen molar-refractivity contribution in [3.05, 3.63) is 95.1 Å². The highest BCUT2D eigenvalue weighted by atomic mass is 16.2. The van der Waals surface area contributed by atoms with Gasteiger partial charge in [0.15, 0.2) is 0 Å². The predicted molar refractivity (Wildman–Crippen MR) is 143 cm³/mol. The largest absolute Gasteiger partial charge is 0.371 e. The average Bonchev–Trinajstić information content (AvgIpc) is 3.39. The summed E-state index contributed by atoms with van der Waals surface area (Å²) in [6.45, 7) is 8.88. The van der Waals surface area contributed by atoms with Gasteiger partial charge in [-0.15, -0.1) is 0 Å². The Labute approximate surface area is 208 Å². The fourth-order valence-corrected chi connectivity index (χ4v) is 4.41. The van der Waals surface area contributed by atoms with E-state index in [1.807, 2.05) is 54.6 Å². The summed E-state index contributed by atoms with van der Waals surface area (Å²) in [5, 5.41) is 6.04. The molecule has 2 amide bonds. The van der Waals surface area contributed by atoms with Gasteiger partial charge in [-0.3, -0.25) is 9.59 Å². The van der Waals surface area contributed by atoms with Gasteiger partial charge in [0.1, 0.15) is 0 Å². The van der Waals surface area contributed by atoms with E-state index in [0.717, 1.165) is 38.0 Å². The van der Waals surface area contributed by atoms with Crippen LogP contribution >= 0.6 is 0 Å². The van der Waals surface area contributed by atoms with Gasteiger partial charge < -0.3 is 15.5 Å². The summed E-state index contributed by atoms with van der Waals surface area (Å²) in [5.74, 6) is -0.303. The molecule has 1 saturated heterocycles. The lowest BCUT2D eigenvalue weighted by atomic mass is 9.87. The molecule has 182 valence electrons. The van der Waals surface area contributed by atoms with Crippen LogP contribution in [-0.4, -0.2) is 31.4 Å². The molecule has 0 radical (unpaired) electrons. The number of nitrogens with one attached hydrogen (secondary N) is 2. The van der Waals surface area contributed by atoms with Crippen molar-refractivity contribution in [3.8, 4) is 0 Å². The summed E-state index contributed by atoms with van der Waals surface area (Å²) in [7, 11) is 0.